The van der Waals surface area contributed by atoms with Crippen molar-refractivity contribution in [2.24, 2.45) is 0 Å². The van der Waals surface area contributed by atoms with Crippen LogP contribution in [0.25, 0.3) is 0 Å². The second-order valence-corrected chi connectivity index (χ2v) is 6.73. The fraction of sp³-hybridized carbons (Fsp3) is 0.786. The van der Waals surface area contributed by atoms with Crippen LogP contribution in [0, 0.1) is 0 Å². The average molecular weight is 280 g/mol. The largest absolute Gasteiger partial charge is 0.333 e. The number of rotatable bonds is 4. The summed E-state index contributed by atoms with van der Waals surface area (Å²) in [6, 6.07) is 0. The normalized spacial score (nSPS) is 25.6. The van der Waals surface area contributed by atoms with Gasteiger partial charge < -0.3 is 9.88 Å². The van der Waals surface area contributed by atoms with Gasteiger partial charge in [0.1, 0.15) is 0 Å². The van der Waals surface area contributed by atoms with Gasteiger partial charge in [-0.1, -0.05) is 0 Å². The molecule has 1 N–H and O–H groups in total. The van der Waals surface area contributed by atoms with E-state index in [4.69, 9.17) is 0 Å². The zero-order chi connectivity index (χ0) is 12.9. The molecule has 106 valence electrons. The van der Waals surface area contributed by atoms with E-state index in [1.807, 2.05) is 6.33 Å². The number of hydrogen-bond donors (Lipinski definition) is 1. The summed E-state index contributed by atoms with van der Waals surface area (Å²) in [5, 5.41) is 3.50. The summed E-state index contributed by atoms with van der Waals surface area (Å²) in [5.74, 6) is 3.25. The molecule has 0 aliphatic carbocycles. The third-order valence-corrected chi connectivity index (χ3v) is 5.16. The molecule has 0 aromatic carbocycles. The Morgan fingerprint density at radius 3 is 3.00 bits per heavy atom. The Balaban J connectivity index is 1.56. The number of aromatic nitrogens is 2. The van der Waals surface area contributed by atoms with E-state index in [9.17, 15) is 0 Å². The molecule has 0 saturated carbocycles. The molecule has 5 heteroatoms. The molecule has 1 atom stereocenters. The smallest absolute Gasteiger partial charge is 0.0948 e. The van der Waals surface area contributed by atoms with Crippen molar-refractivity contribution < 1.29 is 0 Å². The number of imidazole rings is 1. The van der Waals surface area contributed by atoms with E-state index >= 15 is 0 Å². The fourth-order valence-electron chi connectivity index (χ4n) is 3.04. The predicted molar refractivity (Wildman–Crippen MR) is 80.8 cm³/mol. The highest BCUT2D eigenvalue weighted by atomic mass is 32.2. The lowest BCUT2D eigenvalue weighted by Gasteiger charge is -2.28. The molecule has 1 unspecified atom stereocenters. The number of piperidine rings is 1. The molecule has 2 fully saturated rings. The minimum Gasteiger partial charge on any atom is -0.333 e. The molecule has 4 nitrogen and oxygen atoms in total. The van der Waals surface area contributed by atoms with Crippen LogP contribution in [-0.4, -0.2) is 58.7 Å². The zero-order valence-corrected chi connectivity index (χ0v) is 12.4. The van der Waals surface area contributed by atoms with Crippen LogP contribution in [-0.2, 0) is 6.54 Å². The van der Waals surface area contributed by atoms with E-state index in [1.54, 1.807) is 0 Å². The zero-order valence-electron chi connectivity index (χ0n) is 11.6. The van der Waals surface area contributed by atoms with Crippen molar-refractivity contribution in [2.45, 2.75) is 25.3 Å². The molecule has 0 radical (unpaired) electrons. The van der Waals surface area contributed by atoms with E-state index in [-0.39, 0.29) is 0 Å². The lowest BCUT2D eigenvalue weighted by atomic mass is 9.96. The van der Waals surface area contributed by atoms with Crippen LogP contribution in [0.5, 0.6) is 0 Å². The van der Waals surface area contributed by atoms with Crippen molar-refractivity contribution >= 4 is 11.8 Å². The average Bonchev–Trinajstić information content (AvgIpc) is 2.95. The summed E-state index contributed by atoms with van der Waals surface area (Å²) in [7, 11) is 0. The van der Waals surface area contributed by atoms with Crippen molar-refractivity contribution in [3.8, 4) is 0 Å². The summed E-state index contributed by atoms with van der Waals surface area (Å²) < 4.78 is 2.37. The second kappa shape index (κ2) is 6.77. The summed E-state index contributed by atoms with van der Waals surface area (Å²) in [6.45, 7) is 7.06. The molecule has 2 aliphatic rings. The molecule has 19 heavy (non-hydrogen) atoms. The van der Waals surface area contributed by atoms with Crippen LogP contribution >= 0.6 is 11.8 Å². The topological polar surface area (TPSA) is 33.1 Å². The van der Waals surface area contributed by atoms with Crippen LogP contribution in [0.3, 0.4) is 0 Å². The predicted octanol–water partition coefficient (Wildman–Crippen LogP) is 1.40. The first-order chi connectivity index (χ1) is 9.43. The summed E-state index contributed by atoms with van der Waals surface area (Å²) in [6.07, 6.45) is 6.69. The van der Waals surface area contributed by atoms with Gasteiger partial charge in [-0.3, -0.25) is 4.90 Å². The van der Waals surface area contributed by atoms with Crippen molar-refractivity contribution in [3.63, 3.8) is 0 Å². The highest BCUT2D eigenvalue weighted by Crippen LogP contribution is 2.22. The van der Waals surface area contributed by atoms with E-state index in [1.165, 1.54) is 56.2 Å². The third-order valence-electron chi connectivity index (χ3n) is 4.22. The molecular formula is C14H24N4S. The van der Waals surface area contributed by atoms with E-state index in [0.29, 0.717) is 5.92 Å². The van der Waals surface area contributed by atoms with Crippen LogP contribution in [0.4, 0.5) is 0 Å². The van der Waals surface area contributed by atoms with Gasteiger partial charge in [-0.05, 0) is 19.4 Å². The van der Waals surface area contributed by atoms with Gasteiger partial charge in [-0.25, -0.2) is 4.98 Å². The Kier molecular flexibility index (Phi) is 4.80. The van der Waals surface area contributed by atoms with Crippen molar-refractivity contribution in [3.05, 3.63) is 18.2 Å². The highest BCUT2D eigenvalue weighted by Gasteiger charge is 2.19. The van der Waals surface area contributed by atoms with Gasteiger partial charge in [0.05, 0.1) is 6.33 Å². The maximum atomic E-state index is 4.37. The number of nitrogens with one attached hydrogen (secondary N) is 1. The van der Waals surface area contributed by atoms with Gasteiger partial charge in [-0.2, -0.15) is 11.8 Å². The van der Waals surface area contributed by atoms with Crippen LogP contribution in [0.1, 0.15) is 24.5 Å². The van der Waals surface area contributed by atoms with Crippen molar-refractivity contribution in [1.29, 1.82) is 0 Å². The molecule has 0 bridgehead atoms. The number of nitrogens with zero attached hydrogens (tertiary/aromatic N) is 3. The maximum Gasteiger partial charge on any atom is 0.0948 e. The Bertz CT molecular complexity index is 381. The SMILES string of the molecule is c1ncn(CCN2CCSCC2)c1C1CCCNC1. The summed E-state index contributed by atoms with van der Waals surface area (Å²) in [5.41, 5.74) is 1.43. The monoisotopic (exact) mass is 280 g/mol. The Hall–Kier alpha value is -0.520. The van der Waals surface area contributed by atoms with Crippen molar-refractivity contribution in [2.75, 3.05) is 44.2 Å². The van der Waals surface area contributed by atoms with Gasteiger partial charge in [0.15, 0.2) is 0 Å². The van der Waals surface area contributed by atoms with Gasteiger partial charge >= 0.3 is 0 Å². The van der Waals surface area contributed by atoms with Gasteiger partial charge in [0.25, 0.3) is 0 Å². The molecule has 0 amide bonds. The molecule has 0 spiro atoms. The van der Waals surface area contributed by atoms with E-state index < -0.39 is 0 Å². The van der Waals surface area contributed by atoms with Gasteiger partial charge in [0.2, 0.25) is 0 Å². The maximum absolute atomic E-state index is 4.37. The summed E-state index contributed by atoms with van der Waals surface area (Å²) in [4.78, 5) is 6.96. The first kappa shape index (κ1) is 13.5. The lowest BCUT2D eigenvalue weighted by Crippen LogP contribution is -2.35. The van der Waals surface area contributed by atoms with Gasteiger partial charge in [0, 0.05) is 62.0 Å². The third kappa shape index (κ3) is 3.52. The molecular weight excluding hydrogens is 256 g/mol. The minimum absolute atomic E-state index is 0.660. The quantitative estimate of drug-likeness (QED) is 0.904. The van der Waals surface area contributed by atoms with E-state index in [2.05, 4.69) is 37.7 Å². The number of hydrogen-bond acceptors (Lipinski definition) is 4. The Labute approximate surface area is 120 Å². The highest BCUT2D eigenvalue weighted by molar-refractivity contribution is 7.99. The lowest BCUT2D eigenvalue weighted by molar-refractivity contribution is 0.286. The van der Waals surface area contributed by atoms with Crippen LogP contribution in [0.2, 0.25) is 0 Å². The van der Waals surface area contributed by atoms with E-state index in [0.717, 1.165) is 13.1 Å². The van der Waals surface area contributed by atoms with Crippen LogP contribution in [0.15, 0.2) is 12.5 Å². The molecule has 3 rings (SSSR count). The van der Waals surface area contributed by atoms with Crippen LogP contribution < -0.4 is 5.32 Å². The minimum atomic E-state index is 0.660. The Morgan fingerprint density at radius 1 is 1.32 bits per heavy atom. The Morgan fingerprint density at radius 2 is 2.21 bits per heavy atom. The molecule has 1 aromatic rings. The van der Waals surface area contributed by atoms with Crippen molar-refractivity contribution in [1.82, 2.24) is 19.8 Å². The molecule has 1 aromatic heterocycles. The molecule has 2 saturated heterocycles. The fourth-order valence-corrected chi connectivity index (χ4v) is 4.01. The first-order valence-electron chi connectivity index (χ1n) is 7.44. The summed E-state index contributed by atoms with van der Waals surface area (Å²) >= 11 is 2.08. The number of thioether (sulfide) groups is 1. The standard InChI is InChI=1S/C14H24N4S/c1-2-13(10-15-3-1)14-11-16-12-18(14)5-4-17-6-8-19-9-7-17/h11-13,15H,1-10H2. The molecule has 2 aliphatic heterocycles. The van der Waals surface area contributed by atoms with Gasteiger partial charge in [-0.15, -0.1) is 0 Å². The molecule has 3 heterocycles. The second-order valence-electron chi connectivity index (χ2n) is 5.51. The first-order valence-corrected chi connectivity index (χ1v) is 8.60.